The minimum Gasteiger partial charge on any atom is -0.489 e. The number of rotatable bonds is 4. The lowest BCUT2D eigenvalue weighted by Gasteiger charge is -2.09. The van der Waals surface area contributed by atoms with E-state index in [4.69, 9.17) is 21.1 Å². The van der Waals surface area contributed by atoms with Gasteiger partial charge in [0.25, 0.3) is 5.88 Å². The molecule has 1 aromatic heterocycles. The second-order valence-corrected chi connectivity index (χ2v) is 3.83. The molecule has 0 saturated heterocycles. The van der Waals surface area contributed by atoms with Crippen LogP contribution in [0.2, 0.25) is 5.15 Å². The van der Waals surface area contributed by atoms with Crippen LogP contribution in [0.5, 0.6) is 17.4 Å². The number of ether oxygens (including phenoxy) is 2. The molecule has 0 radical (unpaired) electrons. The van der Waals surface area contributed by atoms with E-state index < -0.39 is 16.4 Å². The normalized spacial score (nSPS) is 10.2. The van der Waals surface area contributed by atoms with Gasteiger partial charge in [0.2, 0.25) is 11.5 Å². The van der Waals surface area contributed by atoms with Crippen LogP contribution in [-0.4, -0.2) is 22.0 Å². The summed E-state index contributed by atoms with van der Waals surface area (Å²) in [6.07, 6.45) is 1.09. The van der Waals surface area contributed by atoms with Crippen molar-refractivity contribution in [2.45, 2.75) is 0 Å². The first-order valence-electron chi connectivity index (χ1n) is 5.19. The van der Waals surface area contributed by atoms with E-state index in [1.165, 1.54) is 7.11 Å². The molecule has 2 rings (SSSR count). The van der Waals surface area contributed by atoms with Gasteiger partial charge in [0.1, 0.15) is 12.1 Å². The first-order chi connectivity index (χ1) is 9.52. The molecule has 7 nitrogen and oxygen atoms in total. The SMILES string of the molecule is COc1c(Cl)ncnc1Oc1cc(F)ccc1[N+](=O)[O-]. The van der Waals surface area contributed by atoms with Crippen molar-refractivity contribution in [2.24, 2.45) is 0 Å². The fourth-order valence-electron chi connectivity index (χ4n) is 1.41. The molecule has 0 aliphatic rings. The summed E-state index contributed by atoms with van der Waals surface area (Å²) in [4.78, 5) is 17.6. The molecule has 0 unspecified atom stereocenters. The molecule has 0 fully saturated rings. The molecule has 9 heteroatoms. The van der Waals surface area contributed by atoms with Crippen LogP contribution in [0.25, 0.3) is 0 Å². The lowest BCUT2D eigenvalue weighted by molar-refractivity contribution is -0.385. The molecule has 0 atom stereocenters. The summed E-state index contributed by atoms with van der Waals surface area (Å²) >= 11 is 5.77. The molecule has 0 spiro atoms. The van der Waals surface area contributed by atoms with Gasteiger partial charge in [-0.3, -0.25) is 10.1 Å². The highest BCUT2D eigenvalue weighted by molar-refractivity contribution is 6.31. The zero-order valence-corrected chi connectivity index (χ0v) is 10.8. The Bertz CT molecular complexity index is 668. The van der Waals surface area contributed by atoms with Crippen LogP contribution in [0.1, 0.15) is 0 Å². The molecule has 1 aromatic carbocycles. The third-order valence-electron chi connectivity index (χ3n) is 2.26. The number of methoxy groups -OCH3 is 1. The number of hydrogen-bond donors (Lipinski definition) is 0. The zero-order chi connectivity index (χ0) is 14.7. The topological polar surface area (TPSA) is 87.4 Å². The van der Waals surface area contributed by atoms with Gasteiger partial charge in [-0.2, -0.15) is 4.98 Å². The smallest absolute Gasteiger partial charge is 0.311 e. The standard InChI is InChI=1S/C11H7ClFN3O4/c1-19-9-10(12)14-5-15-11(9)20-8-4-6(13)2-3-7(8)16(17)18/h2-5H,1H3. The summed E-state index contributed by atoms with van der Waals surface area (Å²) in [6.45, 7) is 0. The Hall–Kier alpha value is -2.48. The maximum Gasteiger partial charge on any atom is 0.311 e. The predicted octanol–water partition coefficient (Wildman–Crippen LogP) is 2.98. The van der Waals surface area contributed by atoms with Gasteiger partial charge in [-0.15, -0.1) is 0 Å². The molecule has 0 N–H and O–H groups in total. The molecule has 0 aliphatic heterocycles. The van der Waals surface area contributed by atoms with E-state index in [9.17, 15) is 14.5 Å². The van der Waals surface area contributed by atoms with Crippen LogP contribution >= 0.6 is 11.6 Å². The lowest BCUT2D eigenvalue weighted by Crippen LogP contribution is -1.98. The quantitative estimate of drug-likeness (QED) is 0.490. The summed E-state index contributed by atoms with van der Waals surface area (Å²) in [5.41, 5.74) is -0.414. The first-order valence-corrected chi connectivity index (χ1v) is 5.57. The van der Waals surface area contributed by atoms with Gasteiger partial charge in [-0.25, -0.2) is 9.37 Å². The number of benzene rings is 1. The highest BCUT2D eigenvalue weighted by Crippen LogP contribution is 2.37. The van der Waals surface area contributed by atoms with Crippen molar-refractivity contribution in [1.82, 2.24) is 9.97 Å². The highest BCUT2D eigenvalue weighted by Gasteiger charge is 2.20. The minimum absolute atomic E-state index is 0.00674. The third kappa shape index (κ3) is 2.75. The number of nitro groups is 1. The number of nitrogens with zero attached hydrogens (tertiary/aromatic N) is 3. The van der Waals surface area contributed by atoms with E-state index >= 15 is 0 Å². The Labute approximate surface area is 117 Å². The van der Waals surface area contributed by atoms with Crippen molar-refractivity contribution in [3.63, 3.8) is 0 Å². The Kier molecular flexibility index (Phi) is 3.94. The number of nitro benzene ring substituents is 1. The first kappa shape index (κ1) is 13.9. The van der Waals surface area contributed by atoms with Crippen LogP contribution in [0, 0.1) is 15.9 Å². The number of halogens is 2. The van der Waals surface area contributed by atoms with Crippen molar-refractivity contribution >= 4 is 17.3 Å². The fraction of sp³-hybridized carbons (Fsp3) is 0.0909. The lowest BCUT2D eigenvalue weighted by atomic mass is 10.3. The van der Waals surface area contributed by atoms with Crippen molar-refractivity contribution in [2.75, 3.05) is 7.11 Å². The monoisotopic (exact) mass is 299 g/mol. The Morgan fingerprint density at radius 3 is 2.80 bits per heavy atom. The van der Waals surface area contributed by atoms with Gasteiger partial charge >= 0.3 is 5.69 Å². The van der Waals surface area contributed by atoms with E-state index in [1.807, 2.05) is 0 Å². The van der Waals surface area contributed by atoms with Crippen molar-refractivity contribution < 1.29 is 18.8 Å². The molecule has 20 heavy (non-hydrogen) atoms. The highest BCUT2D eigenvalue weighted by atomic mass is 35.5. The third-order valence-corrected chi connectivity index (χ3v) is 2.53. The summed E-state index contributed by atoms with van der Waals surface area (Å²) in [5.74, 6) is -1.17. The maximum atomic E-state index is 13.2. The van der Waals surface area contributed by atoms with Crippen molar-refractivity contribution in [3.05, 3.63) is 45.6 Å². The van der Waals surface area contributed by atoms with Crippen molar-refractivity contribution in [3.8, 4) is 17.4 Å². The van der Waals surface area contributed by atoms with Gasteiger partial charge < -0.3 is 9.47 Å². The summed E-state index contributed by atoms with van der Waals surface area (Å²) in [5, 5.41) is 10.8. The van der Waals surface area contributed by atoms with Gasteiger partial charge in [-0.1, -0.05) is 11.6 Å². The van der Waals surface area contributed by atoms with Crippen LogP contribution in [0.3, 0.4) is 0 Å². The second-order valence-electron chi connectivity index (χ2n) is 3.47. The average molecular weight is 300 g/mol. The van der Waals surface area contributed by atoms with Gasteiger partial charge in [0.05, 0.1) is 12.0 Å². The molecular weight excluding hydrogens is 293 g/mol. The van der Waals surface area contributed by atoms with E-state index in [1.54, 1.807) is 0 Å². The fourth-order valence-corrected chi connectivity index (χ4v) is 1.61. The summed E-state index contributed by atoms with van der Waals surface area (Å²) in [7, 11) is 1.30. The minimum atomic E-state index is -0.704. The maximum absolute atomic E-state index is 13.2. The van der Waals surface area contributed by atoms with E-state index in [0.717, 1.165) is 24.5 Å². The van der Waals surface area contributed by atoms with E-state index in [0.29, 0.717) is 0 Å². The van der Waals surface area contributed by atoms with Gasteiger partial charge in [-0.05, 0) is 6.07 Å². The van der Waals surface area contributed by atoms with Crippen LogP contribution < -0.4 is 9.47 Å². The van der Waals surface area contributed by atoms with E-state index in [-0.39, 0.29) is 22.5 Å². The molecule has 0 aliphatic carbocycles. The largest absolute Gasteiger partial charge is 0.489 e. The number of hydrogen-bond acceptors (Lipinski definition) is 6. The Morgan fingerprint density at radius 1 is 1.40 bits per heavy atom. The molecule has 0 amide bonds. The molecule has 1 heterocycles. The molecular formula is C11H7ClFN3O4. The average Bonchev–Trinajstić information content (AvgIpc) is 2.38. The van der Waals surface area contributed by atoms with Crippen LogP contribution in [0.4, 0.5) is 10.1 Å². The zero-order valence-electron chi connectivity index (χ0n) is 10.0. The Morgan fingerprint density at radius 2 is 2.15 bits per heavy atom. The summed E-state index contributed by atoms with van der Waals surface area (Å²) in [6, 6.07) is 2.81. The van der Waals surface area contributed by atoms with Crippen LogP contribution in [0.15, 0.2) is 24.5 Å². The van der Waals surface area contributed by atoms with Gasteiger partial charge in [0, 0.05) is 12.1 Å². The Balaban J connectivity index is 2.47. The predicted molar refractivity (Wildman–Crippen MR) is 66.7 cm³/mol. The molecule has 0 saturated carbocycles. The van der Waals surface area contributed by atoms with Gasteiger partial charge in [0.15, 0.2) is 5.15 Å². The number of aromatic nitrogens is 2. The molecule has 0 bridgehead atoms. The second kappa shape index (κ2) is 5.66. The summed E-state index contributed by atoms with van der Waals surface area (Å²) < 4.78 is 23.3. The molecule has 2 aromatic rings. The molecule has 104 valence electrons. The van der Waals surface area contributed by atoms with Crippen LogP contribution in [-0.2, 0) is 0 Å². The van der Waals surface area contributed by atoms with Crippen molar-refractivity contribution in [1.29, 1.82) is 0 Å². The van der Waals surface area contributed by atoms with E-state index in [2.05, 4.69) is 9.97 Å².